The van der Waals surface area contributed by atoms with Gasteiger partial charge in [0, 0.05) is 20.6 Å². The maximum absolute atomic E-state index is 12.3. The van der Waals surface area contributed by atoms with Crippen LogP contribution in [-0.4, -0.2) is 43.7 Å². The SMILES string of the molecule is CC(NCC(C)(C)C)NC(C(=O)N(C)C)C(C)(C)C. The summed E-state index contributed by atoms with van der Waals surface area (Å²) in [6, 6.07) is -0.190. The number of amides is 1. The Morgan fingerprint density at radius 2 is 1.58 bits per heavy atom. The Morgan fingerprint density at radius 1 is 1.11 bits per heavy atom. The first kappa shape index (κ1) is 18.4. The van der Waals surface area contributed by atoms with E-state index in [0.717, 1.165) is 6.54 Å². The van der Waals surface area contributed by atoms with Crippen LogP contribution in [0.15, 0.2) is 0 Å². The highest BCUT2D eigenvalue weighted by Gasteiger charge is 2.33. The molecule has 4 heteroatoms. The van der Waals surface area contributed by atoms with E-state index in [9.17, 15) is 4.79 Å². The summed E-state index contributed by atoms with van der Waals surface area (Å²) in [6.07, 6.45) is 0.104. The zero-order valence-corrected chi connectivity index (χ0v) is 14.2. The Labute approximate surface area is 119 Å². The van der Waals surface area contributed by atoms with E-state index in [1.807, 2.05) is 0 Å². The van der Waals surface area contributed by atoms with E-state index in [4.69, 9.17) is 0 Å². The minimum atomic E-state index is -0.190. The average Bonchev–Trinajstić information content (AvgIpc) is 2.19. The summed E-state index contributed by atoms with van der Waals surface area (Å²) in [7, 11) is 3.60. The maximum Gasteiger partial charge on any atom is 0.239 e. The molecular formula is C15H33N3O. The summed E-state index contributed by atoms with van der Waals surface area (Å²) in [5.74, 6) is 0.122. The highest BCUT2D eigenvalue weighted by Crippen LogP contribution is 2.21. The first-order valence-electron chi connectivity index (χ1n) is 7.05. The van der Waals surface area contributed by atoms with Crippen molar-refractivity contribution in [3.05, 3.63) is 0 Å². The lowest BCUT2D eigenvalue weighted by Gasteiger charge is -2.35. The first-order chi connectivity index (χ1) is 8.34. The summed E-state index contributed by atoms with van der Waals surface area (Å²) in [5, 5.41) is 6.85. The quantitative estimate of drug-likeness (QED) is 0.752. The van der Waals surface area contributed by atoms with E-state index in [1.54, 1.807) is 19.0 Å². The first-order valence-corrected chi connectivity index (χ1v) is 7.05. The smallest absolute Gasteiger partial charge is 0.239 e. The Hall–Kier alpha value is -0.610. The zero-order chi connectivity index (χ0) is 15.4. The average molecular weight is 271 g/mol. The second-order valence-corrected chi connectivity index (χ2v) is 7.86. The highest BCUT2D eigenvalue weighted by molar-refractivity contribution is 5.82. The van der Waals surface area contributed by atoms with Crippen LogP contribution in [0.1, 0.15) is 48.5 Å². The van der Waals surface area contributed by atoms with Crippen molar-refractivity contribution in [3.63, 3.8) is 0 Å². The molecule has 2 atom stereocenters. The van der Waals surface area contributed by atoms with Gasteiger partial charge in [0.15, 0.2) is 0 Å². The zero-order valence-electron chi connectivity index (χ0n) is 14.2. The standard InChI is InChI=1S/C15H33N3O/c1-11(16-10-14(2,3)4)17-12(15(5,6)7)13(19)18(8)9/h11-12,16-17H,10H2,1-9H3. The normalized spacial score (nSPS) is 16.1. The monoisotopic (exact) mass is 271 g/mol. The van der Waals surface area contributed by atoms with Gasteiger partial charge in [-0.25, -0.2) is 0 Å². The second kappa shape index (κ2) is 6.71. The number of hydrogen-bond acceptors (Lipinski definition) is 3. The molecule has 0 saturated heterocycles. The molecule has 0 aromatic heterocycles. The molecule has 4 nitrogen and oxygen atoms in total. The van der Waals surface area contributed by atoms with Crippen molar-refractivity contribution in [1.29, 1.82) is 0 Å². The molecule has 0 saturated carbocycles. The van der Waals surface area contributed by atoms with Gasteiger partial charge in [-0.15, -0.1) is 0 Å². The van der Waals surface area contributed by atoms with Crippen LogP contribution in [-0.2, 0) is 4.79 Å². The lowest BCUT2D eigenvalue weighted by Crippen LogP contribution is -2.57. The fourth-order valence-electron chi connectivity index (χ4n) is 1.72. The van der Waals surface area contributed by atoms with Crippen molar-refractivity contribution in [2.75, 3.05) is 20.6 Å². The van der Waals surface area contributed by atoms with Crippen LogP contribution in [0.5, 0.6) is 0 Å². The van der Waals surface area contributed by atoms with Gasteiger partial charge in [0.25, 0.3) is 0 Å². The summed E-state index contributed by atoms with van der Waals surface area (Å²) in [5.41, 5.74) is 0.123. The minimum absolute atomic E-state index is 0.104. The molecule has 0 aliphatic carbocycles. The number of rotatable bonds is 5. The number of hydrogen-bond donors (Lipinski definition) is 2. The van der Waals surface area contributed by atoms with Crippen LogP contribution in [0.3, 0.4) is 0 Å². The molecule has 0 heterocycles. The van der Waals surface area contributed by atoms with E-state index in [0.29, 0.717) is 0 Å². The molecule has 0 aliphatic heterocycles. The molecule has 114 valence electrons. The van der Waals surface area contributed by atoms with Gasteiger partial charge in [-0.2, -0.15) is 0 Å². The second-order valence-electron chi connectivity index (χ2n) is 7.86. The highest BCUT2D eigenvalue weighted by atomic mass is 16.2. The molecule has 0 radical (unpaired) electrons. The molecule has 0 rings (SSSR count). The predicted octanol–water partition coefficient (Wildman–Crippen LogP) is 2.06. The van der Waals surface area contributed by atoms with Crippen molar-refractivity contribution in [1.82, 2.24) is 15.5 Å². The number of nitrogens with zero attached hydrogens (tertiary/aromatic N) is 1. The van der Waals surface area contributed by atoms with Gasteiger partial charge < -0.3 is 10.2 Å². The lowest BCUT2D eigenvalue weighted by atomic mass is 9.85. The van der Waals surface area contributed by atoms with Crippen LogP contribution < -0.4 is 10.6 Å². The Morgan fingerprint density at radius 3 is 1.89 bits per heavy atom. The van der Waals surface area contributed by atoms with E-state index in [-0.39, 0.29) is 28.9 Å². The van der Waals surface area contributed by atoms with Gasteiger partial charge in [-0.05, 0) is 17.8 Å². The Kier molecular flexibility index (Phi) is 6.49. The van der Waals surface area contributed by atoms with Gasteiger partial charge in [-0.1, -0.05) is 41.5 Å². The Bertz CT molecular complexity index is 287. The molecule has 0 fully saturated rings. The fourth-order valence-corrected chi connectivity index (χ4v) is 1.72. The fraction of sp³-hybridized carbons (Fsp3) is 0.933. The number of carbonyl (C=O) groups is 1. The molecule has 0 aliphatic rings. The molecule has 0 bridgehead atoms. The van der Waals surface area contributed by atoms with Crippen molar-refractivity contribution < 1.29 is 4.79 Å². The van der Waals surface area contributed by atoms with E-state index in [2.05, 4.69) is 59.1 Å². The van der Waals surface area contributed by atoms with Crippen LogP contribution in [0.2, 0.25) is 0 Å². The van der Waals surface area contributed by atoms with Gasteiger partial charge in [-0.3, -0.25) is 10.1 Å². The third kappa shape index (κ3) is 7.53. The minimum Gasteiger partial charge on any atom is -0.347 e. The largest absolute Gasteiger partial charge is 0.347 e. The van der Waals surface area contributed by atoms with Gasteiger partial charge in [0.1, 0.15) is 0 Å². The van der Waals surface area contributed by atoms with Crippen molar-refractivity contribution in [2.24, 2.45) is 10.8 Å². The third-order valence-corrected chi connectivity index (χ3v) is 2.91. The lowest BCUT2D eigenvalue weighted by molar-refractivity contribution is -0.133. The van der Waals surface area contributed by atoms with Crippen LogP contribution >= 0.6 is 0 Å². The van der Waals surface area contributed by atoms with Crippen molar-refractivity contribution in [3.8, 4) is 0 Å². The Balaban J connectivity index is 4.62. The summed E-state index contributed by atoms with van der Waals surface area (Å²) in [6.45, 7) is 15.8. The van der Waals surface area contributed by atoms with Gasteiger partial charge in [0.2, 0.25) is 5.91 Å². The van der Waals surface area contributed by atoms with Crippen LogP contribution in [0.4, 0.5) is 0 Å². The molecule has 0 aromatic carbocycles. The van der Waals surface area contributed by atoms with Crippen molar-refractivity contribution >= 4 is 5.91 Å². The summed E-state index contributed by atoms with van der Waals surface area (Å²) in [4.78, 5) is 13.9. The maximum atomic E-state index is 12.3. The van der Waals surface area contributed by atoms with E-state index < -0.39 is 0 Å². The van der Waals surface area contributed by atoms with Gasteiger partial charge >= 0.3 is 0 Å². The molecule has 0 spiro atoms. The van der Waals surface area contributed by atoms with Gasteiger partial charge in [0.05, 0.1) is 12.2 Å². The number of nitrogens with one attached hydrogen (secondary N) is 2. The summed E-state index contributed by atoms with van der Waals surface area (Å²) >= 11 is 0. The summed E-state index contributed by atoms with van der Waals surface area (Å²) < 4.78 is 0. The molecule has 19 heavy (non-hydrogen) atoms. The predicted molar refractivity (Wildman–Crippen MR) is 82.0 cm³/mol. The third-order valence-electron chi connectivity index (χ3n) is 2.91. The molecular weight excluding hydrogens is 238 g/mol. The number of carbonyl (C=O) groups excluding carboxylic acids is 1. The van der Waals surface area contributed by atoms with Crippen molar-refractivity contribution in [2.45, 2.75) is 60.7 Å². The van der Waals surface area contributed by atoms with Crippen LogP contribution in [0.25, 0.3) is 0 Å². The van der Waals surface area contributed by atoms with E-state index in [1.165, 1.54) is 0 Å². The molecule has 2 unspecified atom stereocenters. The molecule has 0 aromatic rings. The van der Waals surface area contributed by atoms with E-state index >= 15 is 0 Å². The number of likely N-dealkylation sites (N-methyl/N-ethyl adjacent to an activating group) is 1. The topological polar surface area (TPSA) is 44.4 Å². The molecule has 2 N–H and O–H groups in total. The van der Waals surface area contributed by atoms with Crippen LogP contribution in [0, 0.1) is 10.8 Å². The molecule has 1 amide bonds.